The van der Waals surface area contributed by atoms with E-state index in [0.717, 1.165) is 24.3 Å². The molecule has 0 atom stereocenters. The number of carbonyl (C=O) groups excluding carboxylic acids is 2. The summed E-state index contributed by atoms with van der Waals surface area (Å²) in [4.78, 5) is 27.6. The van der Waals surface area contributed by atoms with Gasteiger partial charge in [0.25, 0.3) is 5.91 Å². The van der Waals surface area contributed by atoms with Crippen molar-refractivity contribution in [3.05, 3.63) is 72.2 Å². The first-order valence-electron chi connectivity index (χ1n) is 7.96. The second-order valence-electron chi connectivity index (χ2n) is 5.64. The highest BCUT2D eigenvalue weighted by atomic mass is 19.4. The number of nitrogens with zero attached hydrogens (tertiary/aromatic N) is 1. The fraction of sp³-hybridized carbons (Fsp3) is 0.105. The molecule has 1 amide bonds. The first-order valence-corrected chi connectivity index (χ1v) is 7.96. The zero-order valence-corrected chi connectivity index (χ0v) is 14.2. The topological polar surface area (TPSA) is 81.4 Å². The molecular weight excluding hydrogens is 377 g/mol. The normalized spacial score (nSPS) is 11.1. The van der Waals surface area contributed by atoms with Gasteiger partial charge in [0.2, 0.25) is 0 Å². The molecule has 1 heterocycles. The molecule has 0 radical (unpaired) electrons. The summed E-state index contributed by atoms with van der Waals surface area (Å²) in [7, 11) is 0. The summed E-state index contributed by atoms with van der Waals surface area (Å²) in [5.41, 5.74) is 0.274. The molecule has 9 heteroatoms. The van der Waals surface area contributed by atoms with Crippen LogP contribution in [0.5, 0.6) is 0 Å². The molecule has 0 bridgehead atoms. The minimum atomic E-state index is -4.46. The summed E-state index contributed by atoms with van der Waals surface area (Å²) in [5.74, 6) is -0.853. The van der Waals surface area contributed by atoms with Gasteiger partial charge in [-0.2, -0.15) is 13.2 Å². The fourth-order valence-corrected chi connectivity index (χ4v) is 2.28. The van der Waals surface area contributed by atoms with Gasteiger partial charge in [-0.3, -0.25) is 4.79 Å². The molecule has 1 aromatic heterocycles. The third kappa shape index (κ3) is 4.76. The van der Waals surface area contributed by atoms with Gasteiger partial charge in [-0.15, -0.1) is 0 Å². The Morgan fingerprint density at radius 1 is 1.04 bits per heavy atom. The maximum Gasteiger partial charge on any atom is 0.416 e. The molecule has 0 saturated heterocycles. The first kappa shape index (κ1) is 19.2. The lowest BCUT2D eigenvalue weighted by Crippen LogP contribution is -2.21. The summed E-state index contributed by atoms with van der Waals surface area (Å²) in [5, 5.41) is 2.35. The van der Waals surface area contributed by atoms with E-state index < -0.39 is 30.2 Å². The van der Waals surface area contributed by atoms with Gasteiger partial charge < -0.3 is 14.5 Å². The highest BCUT2D eigenvalue weighted by Gasteiger charge is 2.30. The van der Waals surface area contributed by atoms with Crippen LogP contribution in [0.2, 0.25) is 0 Å². The standard InChI is InChI=1S/C19H13F3N2O4/c20-19(21,22)14-5-7-15(8-6-14)24-17(25)10-27-18(26)13-3-1-12(2-4-13)16-9-23-11-28-16/h1-9,11H,10H2,(H,24,25). The van der Waals surface area contributed by atoms with Crippen molar-refractivity contribution < 1.29 is 31.9 Å². The van der Waals surface area contributed by atoms with E-state index in [1.165, 1.54) is 24.7 Å². The molecule has 1 N–H and O–H groups in total. The van der Waals surface area contributed by atoms with Crippen LogP contribution < -0.4 is 5.32 Å². The third-order valence-electron chi connectivity index (χ3n) is 3.67. The van der Waals surface area contributed by atoms with Crippen LogP contribution in [-0.2, 0) is 15.7 Å². The van der Waals surface area contributed by atoms with Crippen LogP contribution in [0.15, 0.2) is 65.5 Å². The number of carbonyl (C=O) groups is 2. The van der Waals surface area contributed by atoms with Crippen molar-refractivity contribution in [2.24, 2.45) is 0 Å². The molecule has 3 rings (SSSR count). The van der Waals surface area contributed by atoms with Crippen LogP contribution in [0.3, 0.4) is 0 Å². The first-order chi connectivity index (χ1) is 13.3. The van der Waals surface area contributed by atoms with E-state index in [1.807, 2.05) is 0 Å². The molecule has 0 saturated carbocycles. The molecule has 144 valence electrons. The van der Waals surface area contributed by atoms with Crippen molar-refractivity contribution in [1.82, 2.24) is 4.98 Å². The quantitative estimate of drug-likeness (QED) is 0.662. The number of nitrogens with one attached hydrogen (secondary N) is 1. The molecule has 0 unspecified atom stereocenters. The van der Waals surface area contributed by atoms with Crippen LogP contribution in [0, 0.1) is 0 Å². The molecular formula is C19H13F3N2O4. The van der Waals surface area contributed by atoms with Crippen molar-refractivity contribution in [2.75, 3.05) is 11.9 Å². The van der Waals surface area contributed by atoms with Crippen LogP contribution in [0.1, 0.15) is 15.9 Å². The van der Waals surface area contributed by atoms with Gasteiger partial charge in [0.05, 0.1) is 17.3 Å². The molecule has 0 aliphatic heterocycles. The van der Waals surface area contributed by atoms with Crippen LogP contribution in [-0.4, -0.2) is 23.5 Å². The molecule has 0 fully saturated rings. The van der Waals surface area contributed by atoms with E-state index in [9.17, 15) is 22.8 Å². The Hall–Kier alpha value is -3.62. The summed E-state index contributed by atoms with van der Waals surface area (Å²) >= 11 is 0. The van der Waals surface area contributed by atoms with E-state index in [1.54, 1.807) is 12.1 Å². The predicted octanol–water partition coefficient (Wildman–Crippen LogP) is 4.16. The minimum absolute atomic E-state index is 0.158. The lowest BCUT2D eigenvalue weighted by atomic mass is 10.1. The number of alkyl halides is 3. The second-order valence-corrected chi connectivity index (χ2v) is 5.64. The number of anilines is 1. The molecule has 2 aromatic carbocycles. The minimum Gasteiger partial charge on any atom is -0.452 e. The number of benzene rings is 2. The fourth-order valence-electron chi connectivity index (χ4n) is 2.28. The Balaban J connectivity index is 1.52. The second kappa shape index (κ2) is 7.95. The van der Waals surface area contributed by atoms with Gasteiger partial charge >= 0.3 is 12.1 Å². The van der Waals surface area contributed by atoms with Gasteiger partial charge in [0.15, 0.2) is 18.8 Å². The number of ether oxygens (including phenoxy) is 1. The lowest BCUT2D eigenvalue weighted by molar-refractivity contribution is -0.137. The number of esters is 1. The number of amides is 1. The number of rotatable bonds is 5. The van der Waals surface area contributed by atoms with E-state index in [0.29, 0.717) is 11.3 Å². The van der Waals surface area contributed by atoms with Crippen molar-refractivity contribution in [3.63, 3.8) is 0 Å². The molecule has 0 aliphatic carbocycles. The van der Waals surface area contributed by atoms with Crippen molar-refractivity contribution >= 4 is 17.6 Å². The van der Waals surface area contributed by atoms with E-state index >= 15 is 0 Å². The number of hydrogen-bond acceptors (Lipinski definition) is 5. The summed E-state index contributed by atoms with van der Waals surface area (Å²) in [6.07, 6.45) is -1.65. The maximum absolute atomic E-state index is 12.5. The highest BCUT2D eigenvalue weighted by Crippen LogP contribution is 2.29. The van der Waals surface area contributed by atoms with Crippen molar-refractivity contribution in [2.45, 2.75) is 6.18 Å². The van der Waals surface area contributed by atoms with E-state index in [4.69, 9.17) is 9.15 Å². The third-order valence-corrected chi connectivity index (χ3v) is 3.67. The predicted molar refractivity (Wildman–Crippen MR) is 92.3 cm³/mol. The number of aromatic nitrogens is 1. The molecule has 0 spiro atoms. The van der Waals surface area contributed by atoms with Crippen molar-refractivity contribution in [1.29, 1.82) is 0 Å². The lowest BCUT2D eigenvalue weighted by Gasteiger charge is -2.09. The smallest absolute Gasteiger partial charge is 0.416 e. The van der Waals surface area contributed by atoms with E-state index in [-0.39, 0.29) is 11.3 Å². The Bertz CT molecular complexity index is 950. The number of hydrogen-bond donors (Lipinski definition) is 1. The highest BCUT2D eigenvalue weighted by molar-refractivity contribution is 5.95. The summed E-state index contributed by atoms with van der Waals surface area (Å²) < 4.78 is 47.6. The molecule has 3 aromatic rings. The van der Waals surface area contributed by atoms with Gasteiger partial charge in [-0.05, 0) is 36.4 Å². The number of oxazole rings is 1. The van der Waals surface area contributed by atoms with Crippen LogP contribution in [0.25, 0.3) is 11.3 Å². The van der Waals surface area contributed by atoms with Gasteiger partial charge in [-0.1, -0.05) is 12.1 Å². The van der Waals surface area contributed by atoms with Crippen LogP contribution >= 0.6 is 0 Å². The molecule has 0 aliphatic rings. The Morgan fingerprint density at radius 2 is 1.71 bits per heavy atom. The Kier molecular flexibility index (Phi) is 5.44. The van der Waals surface area contributed by atoms with E-state index in [2.05, 4.69) is 10.3 Å². The zero-order chi connectivity index (χ0) is 20.1. The summed E-state index contributed by atoms with van der Waals surface area (Å²) in [6.45, 7) is -0.580. The van der Waals surface area contributed by atoms with Gasteiger partial charge in [0.1, 0.15) is 0 Å². The van der Waals surface area contributed by atoms with Crippen LogP contribution in [0.4, 0.5) is 18.9 Å². The number of halogens is 3. The van der Waals surface area contributed by atoms with Gasteiger partial charge in [-0.25, -0.2) is 9.78 Å². The summed E-state index contributed by atoms with van der Waals surface area (Å²) in [6, 6.07) is 10.2. The Labute approximate surface area is 157 Å². The average Bonchev–Trinajstić information content (AvgIpc) is 3.21. The SMILES string of the molecule is O=C(COC(=O)c1ccc(-c2cnco2)cc1)Nc1ccc(C(F)(F)F)cc1. The Morgan fingerprint density at radius 3 is 2.29 bits per heavy atom. The van der Waals surface area contributed by atoms with Crippen molar-refractivity contribution in [3.8, 4) is 11.3 Å². The molecule has 6 nitrogen and oxygen atoms in total. The maximum atomic E-state index is 12.5. The average molecular weight is 390 g/mol. The largest absolute Gasteiger partial charge is 0.452 e. The zero-order valence-electron chi connectivity index (χ0n) is 14.2. The van der Waals surface area contributed by atoms with Gasteiger partial charge in [0, 0.05) is 11.3 Å². The monoisotopic (exact) mass is 390 g/mol. The molecule has 28 heavy (non-hydrogen) atoms.